The number of hydrogen-bond acceptors (Lipinski definition) is 2. The van der Waals surface area contributed by atoms with E-state index in [1.165, 1.54) is 0 Å². The Kier molecular flexibility index (Phi) is 4.14. The van der Waals surface area contributed by atoms with Gasteiger partial charge in [0.15, 0.2) is 0 Å². The maximum atomic E-state index is 11.9. The van der Waals surface area contributed by atoms with Crippen LogP contribution in [0.3, 0.4) is 0 Å². The molecule has 1 aliphatic rings. The quantitative estimate of drug-likeness (QED) is 0.609. The number of benzene rings is 1. The number of rotatable bonds is 3. The molecule has 1 aliphatic heterocycles. The lowest BCUT2D eigenvalue weighted by Gasteiger charge is -2.19. The van der Waals surface area contributed by atoms with Crippen LogP contribution in [0.15, 0.2) is 18.2 Å². The number of halogens is 2. The number of carbonyl (C=O) groups excluding carboxylic acids is 1. The molecule has 1 amide bonds. The first-order valence-corrected chi connectivity index (χ1v) is 6.97. The molecule has 0 N–H and O–H groups in total. The molecule has 92 valence electrons. The molecule has 17 heavy (non-hydrogen) atoms. The molecule has 2 rings (SSSR count). The normalized spacial score (nSPS) is 19.8. The van der Waals surface area contributed by atoms with Crippen LogP contribution >= 0.6 is 34.2 Å². The zero-order chi connectivity index (χ0) is 12.4. The molecule has 1 unspecified atom stereocenters. The van der Waals surface area contributed by atoms with Crippen molar-refractivity contribution in [3.8, 4) is 5.75 Å². The number of alkyl halides is 1. The van der Waals surface area contributed by atoms with E-state index in [0.717, 1.165) is 15.0 Å². The van der Waals surface area contributed by atoms with E-state index in [9.17, 15) is 4.79 Å². The third-order valence-corrected chi connectivity index (χ3v) is 4.22. The van der Waals surface area contributed by atoms with Gasteiger partial charge in [-0.1, -0.05) is 0 Å². The largest absolute Gasteiger partial charge is 0.497 e. The number of carbonyl (C=O) groups is 1. The maximum Gasteiger partial charge on any atom is 0.227 e. The minimum Gasteiger partial charge on any atom is -0.497 e. The fourth-order valence-corrected chi connectivity index (χ4v) is 2.78. The second-order valence-corrected chi connectivity index (χ2v) is 5.52. The molecular formula is C12H13ClINO2. The summed E-state index contributed by atoms with van der Waals surface area (Å²) in [5.41, 5.74) is 0.919. The highest BCUT2D eigenvalue weighted by Gasteiger charge is 2.31. The Morgan fingerprint density at radius 2 is 2.35 bits per heavy atom. The summed E-state index contributed by atoms with van der Waals surface area (Å²) in [6.45, 7) is 0.700. The topological polar surface area (TPSA) is 29.5 Å². The molecule has 1 heterocycles. The summed E-state index contributed by atoms with van der Waals surface area (Å²) in [5.74, 6) is 1.69. The third kappa shape index (κ3) is 2.68. The van der Waals surface area contributed by atoms with Crippen molar-refractivity contribution in [1.29, 1.82) is 0 Å². The Bertz CT molecular complexity index is 439. The van der Waals surface area contributed by atoms with Crippen molar-refractivity contribution >= 4 is 45.8 Å². The summed E-state index contributed by atoms with van der Waals surface area (Å²) in [6.07, 6.45) is 0.538. The van der Waals surface area contributed by atoms with Gasteiger partial charge in [0.25, 0.3) is 0 Å². The number of methoxy groups -OCH3 is 1. The third-order valence-electron chi connectivity index (χ3n) is 2.87. The van der Waals surface area contributed by atoms with Gasteiger partial charge in [-0.15, -0.1) is 11.6 Å². The van der Waals surface area contributed by atoms with Crippen LogP contribution in [-0.2, 0) is 4.79 Å². The molecule has 0 saturated carbocycles. The number of hydrogen-bond donors (Lipinski definition) is 0. The molecule has 1 saturated heterocycles. The highest BCUT2D eigenvalue weighted by molar-refractivity contribution is 14.1. The fourth-order valence-electron chi connectivity index (χ4n) is 1.94. The molecule has 1 aromatic carbocycles. The molecular weight excluding hydrogens is 352 g/mol. The second kappa shape index (κ2) is 5.44. The number of nitrogens with zero attached hydrogens (tertiary/aromatic N) is 1. The molecule has 0 spiro atoms. The summed E-state index contributed by atoms with van der Waals surface area (Å²) in [5, 5.41) is 0. The Morgan fingerprint density at radius 1 is 1.59 bits per heavy atom. The van der Waals surface area contributed by atoms with Gasteiger partial charge in [0.05, 0.1) is 12.8 Å². The Labute approximate surface area is 119 Å². The molecule has 1 atom stereocenters. The average molecular weight is 366 g/mol. The van der Waals surface area contributed by atoms with Gasteiger partial charge in [-0.05, 0) is 40.6 Å². The minimum atomic E-state index is 0.141. The van der Waals surface area contributed by atoms with Gasteiger partial charge < -0.3 is 9.64 Å². The van der Waals surface area contributed by atoms with Crippen LogP contribution in [0, 0.1) is 9.49 Å². The smallest absolute Gasteiger partial charge is 0.227 e. The van der Waals surface area contributed by atoms with Gasteiger partial charge in [0.1, 0.15) is 5.75 Å². The first-order chi connectivity index (χ1) is 8.15. The van der Waals surface area contributed by atoms with E-state index in [1.807, 2.05) is 18.2 Å². The van der Waals surface area contributed by atoms with Crippen LogP contribution in [0.5, 0.6) is 5.75 Å². The van der Waals surface area contributed by atoms with Crippen LogP contribution in [0.2, 0.25) is 0 Å². The van der Waals surface area contributed by atoms with E-state index < -0.39 is 0 Å². The zero-order valence-corrected chi connectivity index (χ0v) is 12.4. The summed E-state index contributed by atoms with van der Waals surface area (Å²) in [7, 11) is 1.62. The van der Waals surface area contributed by atoms with Crippen LogP contribution in [0.1, 0.15) is 6.42 Å². The summed E-state index contributed by atoms with van der Waals surface area (Å²) < 4.78 is 6.24. The standard InChI is InChI=1S/C12H13ClINO2/c1-17-9-2-3-10(14)11(5-9)15-7-8(6-13)4-12(15)16/h2-3,5,8H,4,6-7H2,1H3. The van der Waals surface area contributed by atoms with E-state index in [-0.39, 0.29) is 11.8 Å². The van der Waals surface area contributed by atoms with Crippen molar-refractivity contribution in [2.75, 3.05) is 24.4 Å². The van der Waals surface area contributed by atoms with E-state index in [0.29, 0.717) is 18.8 Å². The van der Waals surface area contributed by atoms with Gasteiger partial charge in [-0.25, -0.2) is 0 Å². The van der Waals surface area contributed by atoms with Crippen LogP contribution in [0.4, 0.5) is 5.69 Å². The number of anilines is 1. The van der Waals surface area contributed by atoms with Gasteiger partial charge >= 0.3 is 0 Å². The molecule has 5 heteroatoms. The molecule has 0 radical (unpaired) electrons. The lowest BCUT2D eigenvalue weighted by molar-refractivity contribution is -0.117. The Balaban J connectivity index is 2.30. The van der Waals surface area contributed by atoms with Gasteiger partial charge in [0.2, 0.25) is 5.91 Å². The first kappa shape index (κ1) is 13.0. The summed E-state index contributed by atoms with van der Waals surface area (Å²) in [6, 6.07) is 5.75. The molecule has 1 aromatic rings. The van der Waals surface area contributed by atoms with Crippen molar-refractivity contribution in [3.05, 3.63) is 21.8 Å². The first-order valence-electron chi connectivity index (χ1n) is 5.35. The lowest BCUT2D eigenvalue weighted by atomic mass is 10.1. The highest BCUT2D eigenvalue weighted by atomic mass is 127. The SMILES string of the molecule is COc1ccc(I)c(N2CC(CCl)CC2=O)c1. The molecule has 1 fully saturated rings. The molecule has 0 aromatic heterocycles. The van der Waals surface area contributed by atoms with Crippen molar-refractivity contribution in [2.45, 2.75) is 6.42 Å². The molecule has 0 aliphatic carbocycles. The van der Waals surface area contributed by atoms with Crippen LogP contribution in [-0.4, -0.2) is 25.4 Å². The zero-order valence-electron chi connectivity index (χ0n) is 9.45. The average Bonchev–Trinajstić information content (AvgIpc) is 2.71. The van der Waals surface area contributed by atoms with Crippen LogP contribution in [0.25, 0.3) is 0 Å². The minimum absolute atomic E-state index is 0.141. The second-order valence-electron chi connectivity index (χ2n) is 4.05. The van der Waals surface area contributed by atoms with Gasteiger partial charge in [0, 0.05) is 28.5 Å². The number of ether oxygens (including phenoxy) is 1. The highest BCUT2D eigenvalue weighted by Crippen LogP contribution is 2.32. The van der Waals surface area contributed by atoms with Crippen molar-refractivity contribution in [2.24, 2.45) is 5.92 Å². The number of amides is 1. The van der Waals surface area contributed by atoms with Crippen molar-refractivity contribution in [1.82, 2.24) is 0 Å². The summed E-state index contributed by atoms with van der Waals surface area (Å²) in [4.78, 5) is 13.7. The predicted octanol–water partition coefficient (Wildman–Crippen LogP) is 2.89. The monoisotopic (exact) mass is 365 g/mol. The van der Waals surface area contributed by atoms with Gasteiger partial charge in [-0.3, -0.25) is 4.79 Å². The Hall–Kier alpha value is -0.490. The predicted molar refractivity (Wildman–Crippen MR) is 76.9 cm³/mol. The van der Waals surface area contributed by atoms with E-state index in [1.54, 1.807) is 12.0 Å². The Morgan fingerprint density at radius 3 is 2.94 bits per heavy atom. The van der Waals surface area contributed by atoms with E-state index >= 15 is 0 Å². The maximum absolute atomic E-state index is 11.9. The van der Waals surface area contributed by atoms with E-state index in [4.69, 9.17) is 16.3 Å². The van der Waals surface area contributed by atoms with Gasteiger partial charge in [-0.2, -0.15) is 0 Å². The molecule has 3 nitrogen and oxygen atoms in total. The lowest BCUT2D eigenvalue weighted by Crippen LogP contribution is -2.25. The van der Waals surface area contributed by atoms with Crippen molar-refractivity contribution in [3.63, 3.8) is 0 Å². The van der Waals surface area contributed by atoms with E-state index in [2.05, 4.69) is 22.6 Å². The fraction of sp³-hybridized carbons (Fsp3) is 0.417. The van der Waals surface area contributed by atoms with Crippen molar-refractivity contribution < 1.29 is 9.53 Å². The molecule has 0 bridgehead atoms. The van der Waals surface area contributed by atoms with Crippen LogP contribution < -0.4 is 9.64 Å². The summed E-state index contributed by atoms with van der Waals surface area (Å²) >= 11 is 8.05.